The van der Waals surface area contributed by atoms with Gasteiger partial charge in [0.05, 0.1) is 40.5 Å². The van der Waals surface area contributed by atoms with Crippen LogP contribution in [0.25, 0.3) is 11.3 Å². The highest BCUT2D eigenvalue weighted by molar-refractivity contribution is 6.32. The van der Waals surface area contributed by atoms with Gasteiger partial charge in [-0.25, -0.2) is 0 Å². The molecule has 0 saturated carbocycles. The molecule has 0 bridgehead atoms. The second-order valence-corrected chi connectivity index (χ2v) is 9.00. The lowest BCUT2D eigenvalue weighted by Gasteiger charge is -2.22. The van der Waals surface area contributed by atoms with E-state index in [-0.39, 0.29) is 22.4 Å². The van der Waals surface area contributed by atoms with Gasteiger partial charge in [-0.1, -0.05) is 17.7 Å². The molecule has 1 aromatic carbocycles. The predicted molar refractivity (Wildman–Crippen MR) is 130 cm³/mol. The molecule has 0 aliphatic carbocycles. The lowest BCUT2D eigenvalue weighted by Crippen LogP contribution is -2.31. The van der Waals surface area contributed by atoms with Gasteiger partial charge in [0.25, 0.3) is 5.91 Å². The van der Waals surface area contributed by atoms with Crippen LogP contribution >= 0.6 is 11.6 Å². The average Bonchev–Trinajstić information content (AvgIpc) is 3.25. The van der Waals surface area contributed by atoms with E-state index in [2.05, 4.69) is 25.3 Å². The number of ether oxygens (including phenoxy) is 3. The van der Waals surface area contributed by atoms with E-state index in [1.54, 1.807) is 30.6 Å². The summed E-state index contributed by atoms with van der Waals surface area (Å²) in [4.78, 5) is 20.5. The fraction of sp³-hybridized carbons (Fsp3) is 0.360. The van der Waals surface area contributed by atoms with Crippen molar-refractivity contribution >= 4 is 28.9 Å². The Morgan fingerprint density at radius 2 is 2.08 bits per heavy atom. The summed E-state index contributed by atoms with van der Waals surface area (Å²) in [7, 11) is 0. The number of benzene rings is 1. The van der Waals surface area contributed by atoms with Crippen LogP contribution in [0.15, 0.2) is 36.7 Å². The van der Waals surface area contributed by atoms with Crippen molar-refractivity contribution in [1.29, 1.82) is 0 Å². The van der Waals surface area contributed by atoms with E-state index in [4.69, 9.17) is 21.1 Å². The normalized spacial score (nSPS) is 15.9. The van der Waals surface area contributed by atoms with Crippen molar-refractivity contribution < 1.29 is 27.8 Å². The lowest BCUT2D eigenvalue weighted by molar-refractivity contribution is -0.0492. The molecule has 190 valence electrons. The maximum atomic E-state index is 13.1. The number of nitrogens with one attached hydrogen (secondary N) is 3. The molecular formula is C25H25ClF2N4O4. The number of hydrogen-bond acceptors (Lipinski definition) is 6. The highest BCUT2D eigenvalue weighted by Gasteiger charge is 2.29. The fourth-order valence-corrected chi connectivity index (χ4v) is 4.70. The number of alkyl halides is 2. The predicted octanol–water partition coefficient (Wildman–Crippen LogP) is 5.17. The van der Waals surface area contributed by atoms with Crippen LogP contribution in [0.3, 0.4) is 0 Å². The Balaban J connectivity index is 1.55. The summed E-state index contributed by atoms with van der Waals surface area (Å²) in [6, 6.07) is 6.41. The molecule has 0 unspecified atom stereocenters. The number of fused-ring (bicyclic) bond motifs is 1. The van der Waals surface area contributed by atoms with Gasteiger partial charge in [-0.15, -0.1) is 0 Å². The molecule has 2 aromatic heterocycles. The van der Waals surface area contributed by atoms with Gasteiger partial charge in [-0.2, -0.15) is 8.78 Å². The molecule has 0 radical (unpaired) electrons. The number of carbonyl (C=O) groups excluding carboxylic acids is 1. The molecule has 8 nitrogen and oxygen atoms in total. The Morgan fingerprint density at radius 1 is 1.25 bits per heavy atom. The minimum Gasteiger partial charge on any atom is -0.491 e. The van der Waals surface area contributed by atoms with Crippen molar-refractivity contribution in [3.05, 3.63) is 52.9 Å². The van der Waals surface area contributed by atoms with Gasteiger partial charge in [0.2, 0.25) is 0 Å². The van der Waals surface area contributed by atoms with Crippen molar-refractivity contribution in [1.82, 2.24) is 15.3 Å². The third-order valence-electron chi connectivity index (χ3n) is 6.27. The van der Waals surface area contributed by atoms with Gasteiger partial charge >= 0.3 is 6.61 Å². The van der Waals surface area contributed by atoms with E-state index in [1.807, 2.05) is 0 Å². The monoisotopic (exact) mass is 518 g/mol. The molecule has 2 aliphatic rings. The van der Waals surface area contributed by atoms with Crippen molar-refractivity contribution in [3.8, 4) is 22.8 Å². The van der Waals surface area contributed by atoms with Crippen LogP contribution in [0.2, 0.25) is 5.02 Å². The number of halogens is 3. The molecule has 2 aliphatic heterocycles. The van der Waals surface area contributed by atoms with Crippen molar-refractivity contribution in [3.63, 3.8) is 0 Å². The van der Waals surface area contributed by atoms with E-state index >= 15 is 0 Å². The van der Waals surface area contributed by atoms with E-state index in [0.717, 1.165) is 18.5 Å². The van der Waals surface area contributed by atoms with Crippen LogP contribution in [-0.2, 0) is 11.2 Å². The van der Waals surface area contributed by atoms with E-state index in [0.29, 0.717) is 67.0 Å². The van der Waals surface area contributed by atoms with Gasteiger partial charge in [-0.05, 0) is 37.0 Å². The summed E-state index contributed by atoms with van der Waals surface area (Å²) in [5.41, 5.74) is 2.98. The third-order valence-corrected chi connectivity index (χ3v) is 6.57. The first kappa shape index (κ1) is 24.3. The second-order valence-electron chi connectivity index (χ2n) is 8.59. The number of aromatic nitrogens is 2. The molecule has 0 atom stereocenters. The molecule has 5 rings (SSSR count). The summed E-state index contributed by atoms with van der Waals surface area (Å²) >= 11 is 6.16. The fourth-order valence-electron chi connectivity index (χ4n) is 4.48. The van der Waals surface area contributed by atoms with E-state index in [9.17, 15) is 13.6 Å². The summed E-state index contributed by atoms with van der Waals surface area (Å²) in [5, 5.41) is 5.98. The smallest absolute Gasteiger partial charge is 0.387 e. The number of rotatable bonds is 8. The summed E-state index contributed by atoms with van der Waals surface area (Å²) in [6.07, 6.45) is 5.67. The molecule has 11 heteroatoms. The Labute approximate surface area is 211 Å². The first-order valence-corrected chi connectivity index (χ1v) is 12.1. The molecule has 3 aromatic rings. The molecule has 36 heavy (non-hydrogen) atoms. The molecule has 1 fully saturated rings. The van der Waals surface area contributed by atoms with E-state index in [1.165, 1.54) is 6.07 Å². The number of carbonyl (C=O) groups is 1. The lowest BCUT2D eigenvalue weighted by atomic mass is 10.0. The molecule has 0 spiro atoms. The quantitative estimate of drug-likeness (QED) is 0.381. The zero-order valence-corrected chi connectivity index (χ0v) is 20.0. The molecular weight excluding hydrogens is 494 g/mol. The second kappa shape index (κ2) is 10.7. The molecule has 1 amide bonds. The maximum absolute atomic E-state index is 13.1. The number of para-hydroxylation sites is 1. The number of aromatic amines is 1. The van der Waals surface area contributed by atoms with Gasteiger partial charge in [0, 0.05) is 43.6 Å². The highest BCUT2D eigenvalue weighted by atomic mass is 35.5. The number of H-pyrrole nitrogens is 1. The van der Waals surface area contributed by atoms with Crippen LogP contribution < -0.4 is 20.1 Å². The van der Waals surface area contributed by atoms with Crippen LogP contribution in [0.4, 0.5) is 20.2 Å². The van der Waals surface area contributed by atoms with Crippen LogP contribution in [-0.4, -0.2) is 48.9 Å². The van der Waals surface area contributed by atoms with E-state index < -0.39 is 6.61 Å². The summed E-state index contributed by atoms with van der Waals surface area (Å²) in [6.45, 7) is -0.664. The van der Waals surface area contributed by atoms with Crippen LogP contribution in [0.1, 0.15) is 28.9 Å². The Morgan fingerprint density at radius 3 is 2.89 bits per heavy atom. The molecule has 1 saturated heterocycles. The van der Waals surface area contributed by atoms with Gasteiger partial charge in [0.1, 0.15) is 5.75 Å². The largest absolute Gasteiger partial charge is 0.491 e. The van der Waals surface area contributed by atoms with Crippen LogP contribution in [0, 0.1) is 5.92 Å². The number of amides is 1. The highest BCUT2D eigenvalue weighted by Crippen LogP contribution is 2.43. The first-order chi connectivity index (χ1) is 17.5. The molecule has 3 N–H and O–H groups in total. The number of pyridine rings is 1. The number of anilines is 2. The average molecular weight is 519 g/mol. The summed E-state index contributed by atoms with van der Waals surface area (Å²) in [5.74, 6) is 0.420. The zero-order chi connectivity index (χ0) is 25.1. The van der Waals surface area contributed by atoms with Crippen LogP contribution in [0.5, 0.6) is 11.5 Å². The minimum absolute atomic E-state index is 0.0140. The first-order valence-electron chi connectivity index (χ1n) is 11.7. The zero-order valence-electron chi connectivity index (χ0n) is 19.3. The SMILES string of the molecule is O=C1NCCc2[nH]c(-c3ccncc3OCC3CCOCC3)c(Nc3cccc(Cl)c3OC(F)F)c21. The Bertz CT molecular complexity index is 1250. The van der Waals surface area contributed by atoms with Gasteiger partial charge in [0.15, 0.2) is 5.75 Å². The summed E-state index contributed by atoms with van der Waals surface area (Å²) < 4.78 is 42.5. The Kier molecular flexibility index (Phi) is 7.24. The standard InChI is InChI=1S/C25H25ClF2N4O4/c26-16-2-1-3-18(23(16)36-25(27)28)32-22-20-17(5-9-30-24(20)33)31-21(22)15-4-8-29-12-19(15)35-13-14-6-10-34-11-7-14/h1-4,8,12,14,25,31-32H,5-7,9-11,13H2,(H,30,33). The Hall–Kier alpha value is -3.37. The minimum atomic E-state index is -3.07. The third kappa shape index (κ3) is 5.10. The topological polar surface area (TPSA) is 97.5 Å². The van der Waals surface area contributed by atoms with Crippen molar-refractivity contribution in [2.45, 2.75) is 25.9 Å². The molecule has 4 heterocycles. The van der Waals surface area contributed by atoms with Gasteiger partial charge < -0.3 is 29.8 Å². The number of hydrogen-bond donors (Lipinski definition) is 3. The maximum Gasteiger partial charge on any atom is 0.387 e. The number of nitrogens with zero attached hydrogens (tertiary/aromatic N) is 1. The van der Waals surface area contributed by atoms with Crippen molar-refractivity contribution in [2.24, 2.45) is 5.92 Å². The van der Waals surface area contributed by atoms with Gasteiger partial charge in [-0.3, -0.25) is 9.78 Å². The van der Waals surface area contributed by atoms with Crippen molar-refractivity contribution in [2.75, 3.05) is 31.7 Å².